The van der Waals surface area contributed by atoms with Gasteiger partial charge in [-0.1, -0.05) is 12.1 Å². The smallest absolute Gasteiger partial charge is 0.321 e. The van der Waals surface area contributed by atoms with E-state index in [4.69, 9.17) is 21.4 Å². The van der Waals surface area contributed by atoms with Crippen LogP contribution in [0, 0.1) is 0 Å². The van der Waals surface area contributed by atoms with Crippen molar-refractivity contribution in [1.82, 2.24) is 0 Å². The molecule has 0 heterocycles. The van der Waals surface area contributed by atoms with E-state index >= 15 is 0 Å². The minimum Gasteiger partial charge on any atom is -0.491 e. The Morgan fingerprint density at radius 1 is 1.35 bits per heavy atom. The first-order valence-electron chi connectivity index (χ1n) is 5.61. The Hall–Kier alpha value is -1.22. The van der Waals surface area contributed by atoms with Gasteiger partial charge < -0.3 is 9.84 Å². The van der Waals surface area contributed by atoms with Crippen LogP contribution in [0.3, 0.4) is 0 Å². The Bertz CT molecular complexity index is 359. The standard InChI is InChI=1S/C13H17ClO3/c1-9(2)17-11-6-3-10(4-7-11)5-8-12(14)13(15)16/h3-4,6-7,9,12H,5,8H2,1-2H3,(H,15,16). The second-order valence-electron chi connectivity index (χ2n) is 4.16. The van der Waals surface area contributed by atoms with Crippen molar-refractivity contribution in [3.63, 3.8) is 0 Å². The zero-order chi connectivity index (χ0) is 12.8. The molecule has 0 aromatic heterocycles. The van der Waals surface area contributed by atoms with Gasteiger partial charge in [-0.05, 0) is 44.4 Å². The van der Waals surface area contributed by atoms with Gasteiger partial charge in [-0.15, -0.1) is 11.6 Å². The normalized spacial score (nSPS) is 12.5. The number of carboxylic acids is 1. The second-order valence-corrected chi connectivity index (χ2v) is 4.68. The molecule has 1 atom stereocenters. The van der Waals surface area contributed by atoms with Crippen molar-refractivity contribution >= 4 is 17.6 Å². The minimum atomic E-state index is -0.966. The number of benzene rings is 1. The molecule has 94 valence electrons. The number of carboxylic acid groups (broad SMARTS) is 1. The first kappa shape index (κ1) is 13.8. The third kappa shape index (κ3) is 5.09. The predicted octanol–water partition coefficient (Wildman–Crippen LogP) is 3.10. The van der Waals surface area contributed by atoms with Crippen molar-refractivity contribution in [3.8, 4) is 5.75 Å². The lowest BCUT2D eigenvalue weighted by molar-refractivity contribution is -0.136. The molecule has 0 amide bonds. The molecule has 1 N–H and O–H groups in total. The highest BCUT2D eigenvalue weighted by Crippen LogP contribution is 2.16. The van der Waals surface area contributed by atoms with E-state index in [1.165, 1.54) is 0 Å². The molecule has 1 aromatic carbocycles. The molecule has 0 radical (unpaired) electrons. The molecule has 0 aliphatic rings. The lowest BCUT2D eigenvalue weighted by atomic mass is 10.1. The highest BCUT2D eigenvalue weighted by atomic mass is 35.5. The van der Waals surface area contributed by atoms with Gasteiger partial charge in [-0.3, -0.25) is 4.79 Å². The van der Waals surface area contributed by atoms with E-state index in [-0.39, 0.29) is 6.10 Å². The molecule has 3 nitrogen and oxygen atoms in total. The molecule has 1 rings (SSSR count). The summed E-state index contributed by atoms with van der Waals surface area (Å²) in [5, 5.41) is 7.83. The average Bonchev–Trinajstić information content (AvgIpc) is 2.26. The van der Waals surface area contributed by atoms with Crippen LogP contribution in [0.25, 0.3) is 0 Å². The number of ether oxygens (including phenoxy) is 1. The largest absolute Gasteiger partial charge is 0.491 e. The lowest BCUT2D eigenvalue weighted by Gasteiger charge is -2.10. The molecule has 1 unspecified atom stereocenters. The molecular weight excluding hydrogens is 240 g/mol. The number of hydrogen-bond donors (Lipinski definition) is 1. The number of aliphatic carboxylic acids is 1. The fourth-order valence-corrected chi connectivity index (χ4v) is 1.53. The quantitative estimate of drug-likeness (QED) is 0.796. The third-order valence-electron chi connectivity index (χ3n) is 2.25. The van der Waals surface area contributed by atoms with Gasteiger partial charge in [0, 0.05) is 0 Å². The molecule has 0 fully saturated rings. The number of rotatable bonds is 6. The van der Waals surface area contributed by atoms with E-state index in [2.05, 4.69) is 0 Å². The summed E-state index contributed by atoms with van der Waals surface area (Å²) >= 11 is 5.64. The topological polar surface area (TPSA) is 46.5 Å². The maximum Gasteiger partial charge on any atom is 0.321 e. The van der Waals surface area contributed by atoms with Crippen LogP contribution in [0.2, 0.25) is 0 Å². The summed E-state index contributed by atoms with van der Waals surface area (Å²) in [5.74, 6) is -0.143. The SMILES string of the molecule is CC(C)Oc1ccc(CCC(Cl)C(=O)O)cc1. The van der Waals surface area contributed by atoms with E-state index < -0.39 is 11.3 Å². The van der Waals surface area contributed by atoms with Crippen LogP contribution in [0.4, 0.5) is 0 Å². The van der Waals surface area contributed by atoms with Gasteiger partial charge in [0.1, 0.15) is 11.1 Å². The van der Waals surface area contributed by atoms with Gasteiger partial charge in [-0.2, -0.15) is 0 Å². The molecule has 0 bridgehead atoms. The summed E-state index contributed by atoms with van der Waals surface area (Å²) in [6.45, 7) is 3.94. The van der Waals surface area contributed by atoms with Gasteiger partial charge >= 0.3 is 5.97 Å². The molecule has 1 aromatic rings. The highest BCUT2D eigenvalue weighted by molar-refractivity contribution is 6.29. The Balaban J connectivity index is 2.48. The summed E-state index contributed by atoms with van der Waals surface area (Å²) in [7, 11) is 0. The van der Waals surface area contributed by atoms with Gasteiger partial charge in [-0.25, -0.2) is 0 Å². The van der Waals surface area contributed by atoms with E-state index in [0.717, 1.165) is 11.3 Å². The minimum absolute atomic E-state index is 0.153. The highest BCUT2D eigenvalue weighted by Gasteiger charge is 2.12. The number of hydrogen-bond acceptors (Lipinski definition) is 2. The maximum atomic E-state index is 10.5. The summed E-state index contributed by atoms with van der Waals surface area (Å²) in [6.07, 6.45) is 1.24. The van der Waals surface area contributed by atoms with Crippen LogP contribution in [-0.4, -0.2) is 22.6 Å². The summed E-state index contributed by atoms with van der Waals surface area (Å²) in [5.41, 5.74) is 1.06. The van der Waals surface area contributed by atoms with Crippen molar-refractivity contribution in [2.24, 2.45) is 0 Å². The molecule has 0 spiro atoms. The first-order valence-corrected chi connectivity index (χ1v) is 6.05. The zero-order valence-corrected chi connectivity index (χ0v) is 10.8. The van der Waals surface area contributed by atoms with Crippen LogP contribution in [0.5, 0.6) is 5.75 Å². The second kappa shape index (κ2) is 6.50. The number of halogens is 1. The van der Waals surface area contributed by atoms with Crippen LogP contribution in [0.1, 0.15) is 25.8 Å². The number of carbonyl (C=O) groups is 1. The molecule has 17 heavy (non-hydrogen) atoms. The van der Waals surface area contributed by atoms with Crippen LogP contribution < -0.4 is 4.74 Å². The summed E-state index contributed by atoms with van der Waals surface area (Å²) < 4.78 is 5.51. The molecule has 0 aliphatic carbocycles. The van der Waals surface area contributed by atoms with Crippen LogP contribution in [0.15, 0.2) is 24.3 Å². The summed E-state index contributed by atoms with van der Waals surface area (Å²) in [6, 6.07) is 7.64. The van der Waals surface area contributed by atoms with E-state index in [0.29, 0.717) is 12.8 Å². The fraction of sp³-hybridized carbons (Fsp3) is 0.462. The summed E-state index contributed by atoms with van der Waals surface area (Å²) in [4.78, 5) is 10.5. The zero-order valence-electron chi connectivity index (χ0n) is 10.0. The fourth-order valence-electron chi connectivity index (χ4n) is 1.42. The van der Waals surface area contributed by atoms with Crippen molar-refractivity contribution in [1.29, 1.82) is 0 Å². The molecule has 0 saturated carbocycles. The van der Waals surface area contributed by atoms with E-state index in [9.17, 15) is 4.79 Å². The Morgan fingerprint density at radius 3 is 2.41 bits per heavy atom. The number of aryl methyl sites for hydroxylation is 1. The Kier molecular flexibility index (Phi) is 5.29. The third-order valence-corrected chi connectivity index (χ3v) is 2.65. The molecule has 0 aliphatic heterocycles. The van der Waals surface area contributed by atoms with Gasteiger partial charge in [0.05, 0.1) is 6.10 Å². The van der Waals surface area contributed by atoms with Gasteiger partial charge in [0.25, 0.3) is 0 Å². The van der Waals surface area contributed by atoms with Crippen LogP contribution in [-0.2, 0) is 11.2 Å². The Morgan fingerprint density at radius 2 is 1.94 bits per heavy atom. The lowest BCUT2D eigenvalue weighted by Crippen LogP contribution is -2.13. The maximum absolute atomic E-state index is 10.5. The van der Waals surface area contributed by atoms with Gasteiger partial charge in [0.2, 0.25) is 0 Å². The van der Waals surface area contributed by atoms with Crippen molar-refractivity contribution in [3.05, 3.63) is 29.8 Å². The monoisotopic (exact) mass is 256 g/mol. The van der Waals surface area contributed by atoms with Crippen molar-refractivity contribution in [2.75, 3.05) is 0 Å². The van der Waals surface area contributed by atoms with Gasteiger partial charge in [0.15, 0.2) is 0 Å². The van der Waals surface area contributed by atoms with Crippen LogP contribution >= 0.6 is 11.6 Å². The Labute approximate surface area is 106 Å². The van der Waals surface area contributed by atoms with Crippen molar-refractivity contribution < 1.29 is 14.6 Å². The molecule has 4 heteroatoms. The van der Waals surface area contributed by atoms with Crippen molar-refractivity contribution in [2.45, 2.75) is 38.2 Å². The molecular formula is C13H17ClO3. The first-order chi connectivity index (χ1) is 7.99. The van der Waals surface area contributed by atoms with E-state index in [1.54, 1.807) is 0 Å². The molecule has 0 saturated heterocycles. The van der Waals surface area contributed by atoms with E-state index in [1.807, 2.05) is 38.1 Å². The predicted molar refractivity (Wildman–Crippen MR) is 67.8 cm³/mol. The number of alkyl halides is 1. The average molecular weight is 257 g/mol.